The van der Waals surface area contributed by atoms with Gasteiger partial charge in [0.2, 0.25) is 11.5 Å². The maximum Gasteiger partial charge on any atom is 0.213 e. The number of aromatic nitrogens is 1. The zero-order chi connectivity index (χ0) is 25.4. The molecule has 188 valence electrons. The Hall–Kier alpha value is -2.84. The number of ether oxygens (including phenoxy) is 3. The van der Waals surface area contributed by atoms with Crippen LogP contribution in [0.1, 0.15) is 53.8 Å². The van der Waals surface area contributed by atoms with Crippen LogP contribution < -0.4 is 25.9 Å². The van der Waals surface area contributed by atoms with Gasteiger partial charge in [-0.15, -0.1) is 0 Å². The van der Waals surface area contributed by atoms with Crippen molar-refractivity contribution < 1.29 is 19.6 Å². The van der Waals surface area contributed by atoms with Gasteiger partial charge in [0, 0.05) is 54.5 Å². The fourth-order valence-corrected chi connectivity index (χ4v) is 5.31. The lowest BCUT2D eigenvalue weighted by Gasteiger charge is -2.41. The summed E-state index contributed by atoms with van der Waals surface area (Å²) in [7, 11) is 0. The number of anilines is 1. The Morgan fingerprint density at radius 2 is 1.97 bits per heavy atom. The van der Waals surface area contributed by atoms with Crippen molar-refractivity contribution in [3.8, 4) is 11.5 Å². The van der Waals surface area contributed by atoms with Crippen LogP contribution in [0, 0.1) is 6.92 Å². The highest BCUT2D eigenvalue weighted by molar-refractivity contribution is 6.36. The van der Waals surface area contributed by atoms with Crippen molar-refractivity contribution in [2.45, 2.75) is 45.2 Å². The quantitative estimate of drug-likeness (QED) is 0.342. The van der Waals surface area contributed by atoms with Crippen LogP contribution in [0.5, 0.6) is 11.5 Å². The number of nitrogens with zero attached hydrogens (tertiary/aromatic N) is 1. The highest BCUT2D eigenvalue weighted by Gasteiger charge is 2.39. The minimum Gasteiger partial charge on any atom is -0.486 e. The van der Waals surface area contributed by atoms with Crippen LogP contribution in [0.25, 0.3) is 0 Å². The molecule has 0 amide bonds. The predicted molar refractivity (Wildman–Crippen MR) is 141 cm³/mol. The Bertz CT molecular complexity index is 1320. The minimum absolute atomic E-state index is 0.412. The largest absolute Gasteiger partial charge is 0.486 e. The van der Waals surface area contributed by atoms with Gasteiger partial charge in [-0.1, -0.05) is 23.2 Å². The van der Waals surface area contributed by atoms with E-state index in [1.807, 2.05) is 38.1 Å². The fraction of sp³-hybridized carbons (Fsp3) is 0.333. The number of nitrogens with one attached hydrogen (secondary N) is 1. The molecule has 1 spiro atoms. The van der Waals surface area contributed by atoms with Crippen molar-refractivity contribution >= 4 is 34.6 Å². The summed E-state index contributed by atoms with van der Waals surface area (Å²) in [6.45, 7) is 5.94. The number of benzene rings is 2. The standard InChI is InChI=1S/C27H28Cl2N4O3/c1-15-25(29)24(21(28)13-33-15)16(2)35-19-4-5-22(30)20(12-19)26(31)17-3-6-23-18(11-17)14-34-27(36-23)7-9-32-10-8-27/h3-6,11-13,16,31-32H,7-10,14,30H2,1-2H3/p+1/t16-/m1/s1. The molecule has 2 aliphatic heterocycles. The molecule has 0 aliphatic carbocycles. The van der Waals surface area contributed by atoms with E-state index in [2.05, 4.69) is 10.3 Å². The van der Waals surface area contributed by atoms with Crippen LogP contribution in [0.4, 0.5) is 5.69 Å². The third kappa shape index (κ3) is 4.76. The lowest BCUT2D eigenvalue weighted by molar-refractivity contribution is -0.218. The third-order valence-electron chi connectivity index (χ3n) is 6.74. The first-order chi connectivity index (χ1) is 17.3. The number of fused-ring (bicyclic) bond motifs is 1. The molecule has 2 aromatic carbocycles. The molecule has 0 saturated carbocycles. The Morgan fingerprint density at radius 3 is 2.75 bits per heavy atom. The summed E-state index contributed by atoms with van der Waals surface area (Å²) in [6, 6.07) is 11.3. The van der Waals surface area contributed by atoms with Crippen LogP contribution in [-0.4, -0.2) is 29.6 Å². The average Bonchev–Trinajstić information content (AvgIpc) is 2.87. The van der Waals surface area contributed by atoms with Gasteiger partial charge in [0.05, 0.1) is 27.9 Å². The Kier molecular flexibility index (Phi) is 6.83. The van der Waals surface area contributed by atoms with Crippen LogP contribution in [0.15, 0.2) is 42.6 Å². The molecular weight excluding hydrogens is 499 g/mol. The molecule has 5 rings (SSSR count). The molecule has 2 aliphatic rings. The Labute approximate surface area is 220 Å². The van der Waals surface area contributed by atoms with E-state index in [0.717, 1.165) is 42.8 Å². The normalized spacial score (nSPS) is 17.2. The van der Waals surface area contributed by atoms with Crippen molar-refractivity contribution in [3.63, 3.8) is 0 Å². The van der Waals surface area contributed by atoms with Gasteiger partial charge in [-0.25, -0.2) is 0 Å². The number of hydrogen-bond acceptors (Lipinski definition) is 6. The predicted octanol–water partition coefficient (Wildman–Crippen LogP) is 4.00. The number of aryl methyl sites for hydroxylation is 1. The smallest absolute Gasteiger partial charge is 0.213 e. The molecule has 3 heterocycles. The Morgan fingerprint density at radius 1 is 1.19 bits per heavy atom. The molecule has 3 aromatic rings. The van der Waals surface area contributed by atoms with Gasteiger partial charge in [-0.3, -0.25) is 10.4 Å². The molecule has 36 heavy (non-hydrogen) atoms. The third-order valence-corrected chi connectivity index (χ3v) is 7.52. The van der Waals surface area contributed by atoms with Gasteiger partial charge in [0.25, 0.3) is 0 Å². The molecule has 7 nitrogen and oxygen atoms in total. The highest BCUT2D eigenvalue weighted by Crippen LogP contribution is 2.38. The van der Waals surface area contributed by atoms with Gasteiger partial charge in [0.15, 0.2) is 0 Å². The topological polar surface area (TPSA) is 104 Å². The number of pyridine rings is 1. The van der Waals surface area contributed by atoms with E-state index in [0.29, 0.717) is 50.6 Å². The molecule has 1 saturated heterocycles. The average molecular weight is 528 g/mol. The van der Waals surface area contributed by atoms with E-state index in [9.17, 15) is 0 Å². The van der Waals surface area contributed by atoms with Crippen molar-refractivity contribution in [1.29, 1.82) is 0 Å². The van der Waals surface area contributed by atoms with E-state index in [-0.39, 0.29) is 0 Å². The number of halogens is 2. The lowest BCUT2D eigenvalue weighted by Crippen LogP contribution is -2.50. The van der Waals surface area contributed by atoms with Crippen LogP contribution in [-0.2, 0) is 11.3 Å². The minimum atomic E-state index is -0.541. The second-order valence-electron chi connectivity index (χ2n) is 9.22. The lowest BCUT2D eigenvalue weighted by atomic mass is 9.97. The summed E-state index contributed by atoms with van der Waals surface area (Å²) in [5.74, 6) is 0.884. The summed E-state index contributed by atoms with van der Waals surface area (Å²) in [6.07, 6.45) is 2.80. The second kappa shape index (κ2) is 9.90. The van der Waals surface area contributed by atoms with Gasteiger partial charge in [0.1, 0.15) is 17.6 Å². The molecule has 9 heteroatoms. The molecule has 0 radical (unpaired) electrons. The molecule has 0 unspecified atom stereocenters. The van der Waals surface area contributed by atoms with Gasteiger partial charge >= 0.3 is 0 Å². The Balaban J connectivity index is 1.37. The van der Waals surface area contributed by atoms with Crippen molar-refractivity contribution in [2.75, 3.05) is 18.8 Å². The SMILES string of the molecule is Cc1ncc(Cl)c([C@@H](C)Oc2ccc(N)c(C(=[NH2+])c3ccc4c(c3)COC3(CCNCC3)O4)c2)c1Cl. The first-order valence-electron chi connectivity index (χ1n) is 11.9. The number of hydrogen-bond donors (Lipinski definition) is 3. The van der Waals surface area contributed by atoms with E-state index in [4.69, 9.17) is 48.6 Å². The number of rotatable bonds is 5. The van der Waals surface area contributed by atoms with Crippen LogP contribution >= 0.6 is 23.2 Å². The van der Waals surface area contributed by atoms with Crippen LogP contribution in [0.2, 0.25) is 10.0 Å². The molecule has 1 atom stereocenters. The van der Waals surface area contributed by atoms with Gasteiger partial charge in [-0.05, 0) is 50.2 Å². The number of nitrogens with two attached hydrogens (primary N) is 2. The maximum atomic E-state index is 6.61. The molecular formula is C27H29Cl2N4O3+. The molecule has 0 bridgehead atoms. The monoisotopic (exact) mass is 527 g/mol. The van der Waals surface area contributed by atoms with E-state index in [1.54, 1.807) is 18.3 Å². The number of nitrogen functional groups attached to an aromatic ring is 1. The van der Waals surface area contributed by atoms with E-state index in [1.165, 1.54) is 0 Å². The molecule has 5 N–H and O–H groups in total. The van der Waals surface area contributed by atoms with Crippen molar-refractivity contribution in [3.05, 3.63) is 80.6 Å². The van der Waals surface area contributed by atoms with Crippen molar-refractivity contribution in [1.82, 2.24) is 10.3 Å². The molecule has 1 aromatic heterocycles. The maximum absolute atomic E-state index is 6.61. The van der Waals surface area contributed by atoms with Gasteiger partial charge in [-0.2, -0.15) is 0 Å². The van der Waals surface area contributed by atoms with Crippen molar-refractivity contribution in [2.24, 2.45) is 0 Å². The fourth-order valence-electron chi connectivity index (χ4n) is 4.67. The van der Waals surface area contributed by atoms with E-state index >= 15 is 0 Å². The summed E-state index contributed by atoms with van der Waals surface area (Å²) in [5, 5.41) is 10.9. The first kappa shape index (κ1) is 24.8. The second-order valence-corrected chi connectivity index (χ2v) is 10.0. The first-order valence-corrected chi connectivity index (χ1v) is 12.7. The summed E-state index contributed by atoms with van der Waals surface area (Å²) < 4.78 is 18.6. The summed E-state index contributed by atoms with van der Waals surface area (Å²) in [4.78, 5) is 4.19. The number of piperidine rings is 1. The summed E-state index contributed by atoms with van der Waals surface area (Å²) in [5.41, 5.74) is 11.2. The zero-order valence-electron chi connectivity index (χ0n) is 20.2. The van der Waals surface area contributed by atoms with Crippen LogP contribution in [0.3, 0.4) is 0 Å². The highest BCUT2D eigenvalue weighted by atomic mass is 35.5. The molecule has 1 fully saturated rings. The van der Waals surface area contributed by atoms with Gasteiger partial charge < -0.3 is 25.3 Å². The summed E-state index contributed by atoms with van der Waals surface area (Å²) >= 11 is 12.8. The zero-order valence-corrected chi connectivity index (χ0v) is 21.7. The van der Waals surface area contributed by atoms with E-state index < -0.39 is 11.9 Å².